The number of hydrogen-bond donors (Lipinski definition) is 0. The topological polar surface area (TPSA) is 42.0 Å². The zero-order chi connectivity index (χ0) is 18.2. The first-order chi connectivity index (χ1) is 12.0. The van der Waals surface area contributed by atoms with Gasteiger partial charge in [0.2, 0.25) is 5.91 Å². The Balaban J connectivity index is 2.01. The Hall–Kier alpha value is -1.59. The van der Waals surface area contributed by atoms with Crippen molar-refractivity contribution >= 4 is 5.91 Å². The van der Waals surface area contributed by atoms with Crippen molar-refractivity contribution in [3.8, 4) is 5.75 Å². The van der Waals surface area contributed by atoms with Crippen LogP contribution < -0.4 is 4.74 Å². The smallest absolute Gasteiger partial charge is 0.227 e. The highest BCUT2D eigenvalue weighted by Crippen LogP contribution is 2.22. The van der Waals surface area contributed by atoms with Gasteiger partial charge in [0, 0.05) is 32.8 Å². The lowest BCUT2D eigenvalue weighted by Gasteiger charge is -2.26. The number of amides is 1. The molecule has 1 heterocycles. The number of carbonyl (C=O) groups is 1. The maximum Gasteiger partial charge on any atom is 0.227 e. The van der Waals surface area contributed by atoms with Crippen LogP contribution in [0.15, 0.2) is 24.3 Å². The van der Waals surface area contributed by atoms with Crippen molar-refractivity contribution in [2.45, 2.75) is 39.8 Å². The van der Waals surface area contributed by atoms with Crippen LogP contribution in [0.1, 0.15) is 32.8 Å². The lowest BCUT2D eigenvalue weighted by Crippen LogP contribution is -2.39. The van der Waals surface area contributed by atoms with Crippen LogP contribution in [0.25, 0.3) is 0 Å². The molecule has 1 aromatic rings. The number of rotatable bonds is 9. The summed E-state index contributed by atoms with van der Waals surface area (Å²) in [6, 6.07) is 8.50. The Bertz CT molecular complexity index is 530. The van der Waals surface area contributed by atoms with Gasteiger partial charge in [0.25, 0.3) is 0 Å². The highest BCUT2D eigenvalue weighted by Gasteiger charge is 2.32. The number of carbonyl (C=O) groups excluding carboxylic acids is 1. The minimum Gasteiger partial charge on any atom is -0.494 e. The van der Waals surface area contributed by atoms with Crippen molar-refractivity contribution in [1.29, 1.82) is 0 Å². The normalized spacial score (nSPS) is 17.9. The molecule has 0 N–H and O–H groups in total. The second-order valence-electron chi connectivity index (χ2n) is 6.90. The van der Waals surface area contributed by atoms with E-state index in [0.717, 1.165) is 30.8 Å². The number of hydrogen-bond acceptors (Lipinski definition) is 4. The summed E-state index contributed by atoms with van der Waals surface area (Å²) in [6.07, 6.45) is 0.948. The van der Waals surface area contributed by atoms with Crippen molar-refractivity contribution < 1.29 is 14.3 Å². The van der Waals surface area contributed by atoms with Crippen LogP contribution in [0, 0.1) is 5.92 Å². The monoisotopic (exact) mass is 348 g/mol. The molecule has 0 aromatic heterocycles. The number of likely N-dealkylation sites (tertiary alicyclic amines) is 1. The Morgan fingerprint density at radius 2 is 2.04 bits per heavy atom. The Kier molecular flexibility index (Phi) is 7.72. The van der Waals surface area contributed by atoms with E-state index in [4.69, 9.17) is 9.47 Å². The molecular formula is C20H32N2O3. The van der Waals surface area contributed by atoms with Crippen LogP contribution in [-0.2, 0) is 16.1 Å². The molecule has 5 heteroatoms. The number of benzene rings is 1. The highest BCUT2D eigenvalue weighted by molar-refractivity contribution is 5.79. The number of methoxy groups -OCH3 is 1. The van der Waals surface area contributed by atoms with Crippen molar-refractivity contribution in [3.05, 3.63) is 29.8 Å². The van der Waals surface area contributed by atoms with Crippen molar-refractivity contribution in [3.63, 3.8) is 0 Å². The van der Waals surface area contributed by atoms with Gasteiger partial charge in [0.15, 0.2) is 0 Å². The molecule has 25 heavy (non-hydrogen) atoms. The molecule has 0 saturated carbocycles. The fraction of sp³-hybridized carbons (Fsp3) is 0.650. The molecular weight excluding hydrogens is 316 g/mol. The van der Waals surface area contributed by atoms with Crippen LogP contribution in [0.3, 0.4) is 0 Å². The molecule has 0 aliphatic carbocycles. The van der Waals surface area contributed by atoms with Gasteiger partial charge < -0.3 is 19.3 Å². The molecule has 1 amide bonds. The van der Waals surface area contributed by atoms with Crippen LogP contribution in [0.4, 0.5) is 0 Å². The van der Waals surface area contributed by atoms with E-state index in [-0.39, 0.29) is 11.8 Å². The maximum atomic E-state index is 13.0. The summed E-state index contributed by atoms with van der Waals surface area (Å²) in [5.41, 5.74) is 1.12. The van der Waals surface area contributed by atoms with Gasteiger partial charge in [0.1, 0.15) is 5.75 Å². The van der Waals surface area contributed by atoms with Crippen molar-refractivity contribution in [2.75, 3.05) is 40.0 Å². The zero-order valence-electron chi connectivity index (χ0n) is 16.0. The molecule has 0 radical (unpaired) electrons. The van der Waals surface area contributed by atoms with E-state index < -0.39 is 0 Å². The van der Waals surface area contributed by atoms with Crippen LogP contribution in [0.5, 0.6) is 5.75 Å². The van der Waals surface area contributed by atoms with E-state index in [9.17, 15) is 4.79 Å². The number of nitrogens with zero attached hydrogens (tertiary/aromatic N) is 2. The minimum absolute atomic E-state index is 0.0990. The molecule has 0 bridgehead atoms. The van der Waals surface area contributed by atoms with Gasteiger partial charge >= 0.3 is 0 Å². The van der Waals surface area contributed by atoms with Crippen molar-refractivity contribution in [1.82, 2.24) is 9.80 Å². The third-order valence-corrected chi connectivity index (χ3v) is 4.78. The number of ether oxygens (including phenoxy) is 2. The average Bonchev–Trinajstić information content (AvgIpc) is 3.10. The predicted molar refractivity (Wildman–Crippen MR) is 99.7 cm³/mol. The summed E-state index contributed by atoms with van der Waals surface area (Å²) in [7, 11) is 1.68. The first-order valence-electron chi connectivity index (χ1n) is 9.28. The lowest BCUT2D eigenvalue weighted by atomic mass is 10.1. The summed E-state index contributed by atoms with van der Waals surface area (Å²) in [6.45, 7) is 10.7. The Morgan fingerprint density at radius 3 is 2.60 bits per heavy atom. The van der Waals surface area contributed by atoms with E-state index in [1.165, 1.54) is 0 Å². The molecule has 140 valence electrons. The maximum absolute atomic E-state index is 13.0. The van der Waals surface area contributed by atoms with E-state index in [0.29, 0.717) is 32.3 Å². The Morgan fingerprint density at radius 1 is 1.32 bits per heavy atom. The third kappa shape index (κ3) is 5.72. The second-order valence-corrected chi connectivity index (χ2v) is 6.90. The van der Waals surface area contributed by atoms with E-state index in [1.54, 1.807) is 7.11 Å². The predicted octanol–water partition coefficient (Wildman–Crippen LogP) is 2.79. The van der Waals surface area contributed by atoms with Crippen LogP contribution in [0.2, 0.25) is 0 Å². The van der Waals surface area contributed by atoms with Crippen molar-refractivity contribution in [2.24, 2.45) is 5.92 Å². The molecule has 1 saturated heterocycles. The van der Waals surface area contributed by atoms with Gasteiger partial charge in [-0.2, -0.15) is 0 Å². The fourth-order valence-electron chi connectivity index (χ4n) is 3.26. The summed E-state index contributed by atoms with van der Waals surface area (Å²) in [5, 5.41) is 0. The van der Waals surface area contributed by atoms with Gasteiger partial charge in [0.05, 0.1) is 19.1 Å². The minimum atomic E-state index is 0.0990. The molecule has 1 atom stereocenters. The molecule has 1 fully saturated rings. The molecule has 1 aliphatic heterocycles. The standard InChI is InChI=1S/C20H32N2O3/c1-5-25-19-8-6-17(7-9-19)14-22(12-13-24-4)20(23)18-10-11-21(15-18)16(2)3/h6-9,16,18H,5,10-15H2,1-4H3/t18-/m1/s1. The highest BCUT2D eigenvalue weighted by atomic mass is 16.5. The summed E-state index contributed by atoms with van der Waals surface area (Å²) >= 11 is 0. The summed E-state index contributed by atoms with van der Waals surface area (Å²) < 4.78 is 10.7. The Labute approximate surface area is 151 Å². The molecule has 0 spiro atoms. The molecule has 5 nitrogen and oxygen atoms in total. The average molecular weight is 348 g/mol. The molecule has 1 aromatic carbocycles. The third-order valence-electron chi connectivity index (χ3n) is 4.78. The van der Waals surface area contributed by atoms with E-state index in [2.05, 4.69) is 18.7 Å². The quantitative estimate of drug-likeness (QED) is 0.688. The zero-order valence-corrected chi connectivity index (χ0v) is 16.0. The fourth-order valence-corrected chi connectivity index (χ4v) is 3.26. The van der Waals surface area contributed by atoms with Crippen LogP contribution in [-0.4, -0.2) is 61.7 Å². The van der Waals surface area contributed by atoms with Gasteiger partial charge in [-0.1, -0.05) is 12.1 Å². The second kappa shape index (κ2) is 9.78. The van der Waals surface area contributed by atoms with Gasteiger partial charge in [-0.05, 0) is 51.4 Å². The largest absolute Gasteiger partial charge is 0.494 e. The van der Waals surface area contributed by atoms with E-state index >= 15 is 0 Å². The van der Waals surface area contributed by atoms with Gasteiger partial charge in [-0.15, -0.1) is 0 Å². The SMILES string of the molecule is CCOc1ccc(CN(CCOC)C(=O)[C@@H]2CCN(C(C)C)C2)cc1. The van der Waals surface area contributed by atoms with E-state index in [1.807, 2.05) is 36.1 Å². The molecule has 0 unspecified atom stereocenters. The summed E-state index contributed by atoms with van der Waals surface area (Å²) in [5.74, 6) is 1.21. The van der Waals surface area contributed by atoms with Gasteiger partial charge in [-0.25, -0.2) is 0 Å². The summed E-state index contributed by atoms with van der Waals surface area (Å²) in [4.78, 5) is 17.3. The molecule has 1 aliphatic rings. The molecule has 2 rings (SSSR count). The first-order valence-corrected chi connectivity index (χ1v) is 9.28. The van der Waals surface area contributed by atoms with Gasteiger partial charge in [-0.3, -0.25) is 4.79 Å². The lowest BCUT2D eigenvalue weighted by molar-refractivity contribution is -0.136. The first kappa shape index (κ1) is 19.7. The van der Waals surface area contributed by atoms with Crippen LogP contribution >= 0.6 is 0 Å².